The molecule has 0 aliphatic carbocycles. The zero-order chi connectivity index (χ0) is 9.97. The highest BCUT2D eigenvalue weighted by Gasteiger charge is 2.00. The van der Waals surface area contributed by atoms with E-state index >= 15 is 0 Å². The van der Waals surface area contributed by atoms with Gasteiger partial charge in [0, 0.05) is 12.7 Å². The second-order valence-corrected chi connectivity index (χ2v) is 4.38. The summed E-state index contributed by atoms with van der Waals surface area (Å²) in [6.07, 6.45) is 1.91. The van der Waals surface area contributed by atoms with Gasteiger partial charge in [-0.2, -0.15) is 0 Å². The SMILES string of the molecule is Cc1ncc(-c2ccc(CN)cc2)s1. The predicted molar refractivity (Wildman–Crippen MR) is 60.2 cm³/mol. The molecule has 2 aromatic rings. The second kappa shape index (κ2) is 3.90. The summed E-state index contributed by atoms with van der Waals surface area (Å²) in [5.41, 5.74) is 7.91. The van der Waals surface area contributed by atoms with E-state index in [1.165, 1.54) is 10.4 Å². The molecule has 1 heterocycles. The molecule has 14 heavy (non-hydrogen) atoms. The van der Waals surface area contributed by atoms with Crippen LogP contribution < -0.4 is 5.73 Å². The summed E-state index contributed by atoms with van der Waals surface area (Å²) >= 11 is 1.71. The van der Waals surface area contributed by atoms with E-state index in [9.17, 15) is 0 Å². The third-order valence-corrected chi connectivity index (χ3v) is 3.06. The topological polar surface area (TPSA) is 38.9 Å². The molecule has 72 valence electrons. The van der Waals surface area contributed by atoms with Crippen LogP contribution in [0.15, 0.2) is 30.5 Å². The van der Waals surface area contributed by atoms with Crippen molar-refractivity contribution in [3.8, 4) is 10.4 Å². The molecule has 0 fully saturated rings. The Morgan fingerprint density at radius 2 is 2.00 bits per heavy atom. The van der Waals surface area contributed by atoms with Crippen molar-refractivity contribution in [3.05, 3.63) is 41.0 Å². The molecule has 0 unspecified atom stereocenters. The summed E-state index contributed by atoms with van der Waals surface area (Å²) in [6, 6.07) is 8.30. The van der Waals surface area contributed by atoms with Crippen molar-refractivity contribution in [3.63, 3.8) is 0 Å². The Labute approximate surface area is 87.4 Å². The maximum atomic E-state index is 5.53. The van der Waals surface area contributed by atoms with Gasteiger partial charge in [0.15, 0.2) is 0 Å². The Bertz CT molecular complexity index is 417. The largest absolute Gasteiger partial charge is 0.326 e. The normalized spacial score (nSPS) is 10.4. The van der Waals surface area contributed by atoms with Gasteiger partial charge in [-0.15, -0.1) is 11.3 Å². The van der Waals surface area contributed by atoms with Crippen LogP contribution in [-0.2, 0) is 6.54 Å². The lowest BCUT2D eigenvalue weighted by Gasteiger charge is -1.98. The summed E-state index contributed by atoms with van der Waals surface area (Å²) in [4.78, 5) is 5.44. The molecular weight excluding hydrogens is 192 g/mol. The molecule has 0 bridgehead atoms. The van der Waals surface area contributed by atoms with Gasteiger partial charge in [-0.1, -0.05) is 24.3 Å². The van der Waals surface area contributed by atoms with Gasteiger partial charge >= 0.3 is 0 Å². The van der Waals surface area contributed by atoms with Gasteiger partial charge in [0.25, 0.3) is 0 Å². The molecule has 1 aromatic carbocycles. The quantitative estimate of drug-likeness (QED) is 0.816. The summed E-state index contributed by atoms with van der Waals surface area (Å²) in [5, 5.41) is 1.10. The van der Waals surface area contributed by atoms with Crippen LogP contribution in [-0.4, -0.2) is 4.98 Å². The third-order valence-electron chi connectivity index (χ3n) is 2.10. The number of rotatable bonds is 2. The Kier molecular flexibility index (Phi) is 2.61. The number of hydrogen-bond donors (Lipinski definition) is 1. The lowest BCUT2D eigenvalue weighted by molar-refractivity contribution is 1.07. The van der Waals surface area contributed by atoms with E-state index in [2.05, 4.69) is 29.2 Å². The van der Waals surface area contributed by atoms with E-state index < -0.39 is 0 Å². The lowest BCUT2D eigenvalue weighted by atomic mass is 10.1. The third kappa shape index (κ3) is 1.84. The fourth-order valence-corrected chi connectivity index (χ4v) is 2.08. The molecule has 0 aliphatic rings. The van der Waals surface area contributed by atoms with Crippen LogP contribution >= 0.6 is 11.3 Å². The van der Waals surface area contributed by atoms with Gasteiger partial charge in [-0.25, -0.2) is 4.98 Å². The van der Waals surface area contributed by atoms with Crippen LogP contribution in [0.25, 0.3) is 10.4 Å². The second-order valence-electron chi connectivity index (χ2n) is 3.14. The molecule has 0 radical (unpaired) electrons. The first-order valence-electron chi connectivity index (χ1n) is 4.51. The van der Waals surface area contributed by atoms with Crippen LogP contribution in [0.2, 0.25) is 0 Å². The molecule has 0 atom stereocenters. The lowest BCUT2D eigenvalue weighted by Crippen LogP contribution is -1.94. The molecule has 2 nitrogen and oxygen atoms in total. The average Bonchev–Trinajstić information content (AvgIpc) is 2.65. The predicted octanol–water partition coefficient (Wildman–Crippen LogP) is 2.58. The van der Waals surface area contributed by atoms with Crippen LogP contribution in [0.3, 0.4) is 0 Å². The first-order chi connectivity index (χ1) is 6.79. The summed E-state index contributed by atoms with van der Waals surface area (Å²) < 4.78 is 0. The number of nitrogens with two attached hydrogens (primary N) is 1. The number of thiazole rings is 1. The number of nitrogens with zero attached hydrogens (tertiary/aromatic N) is 1. The van der Waals surface area contributed by atoms with Gasteiger partial charge in [0.1, 0.15) is 0 Å². The van der Waals surface area contributed by atoms with Crippen LogP contribution in [0, 0.1) is 6.92 Å². The molecule has 0 saturated carbocycles. The maximum Gasteiger partial charge on any atom is 0.0900 e. The van der Waals surface area contributed by atoms with Crippen molar-refractivity contribution in [1.29, 1.82) is 0 Å². The Balaban J connectivity index is 2.33. The molecule has 2 rings (SSSR count). The number of aryl methyl sites for hydroxylation is 1. The van der Waals surface area contributed by atoms with Gasteiger partial charge in [-0.05, 0) is 18.1 Å². The fraction of sp³-hybridized carbons (Fsp3) is 0.182. The van der Waals surface area contributed by atoms with Gasteiger partial charge in [-0.3, -0.25) is 0 Å². The van der Waals surface area contributed by atoms with Gasteiger partial charge < -0.3 is 5.73 Å². The standard InChI is InChI=1S/C11H12N2S/c1-8-13-7-11(14-8)10-4-2-9(6-12)3-5-10/h2-5,7H,6,12H2,1H3. The Morgan fingerprint density at radius 3 is 2.50 bits per heavy atom. The number of aromatic nitrogens is 1. The summed E-state index contributed by atoms with van der Waals surface area (Å²) in [5.74, 6) is 0. The first kappa shape index (κ1) is 9.37. The molecule has 1 aromatic heterocycles. The van der Waals surface area contributed by atoms with E-state index in [-0.39, 0.29) is 0 Å². The Hall–Kier alpha value is -1.19. The van der Waals surface area contributed by atoms with E-state index in [0.717, 1.165) is 10.6 Å². The maximum absolute atomic E-state index is 5.53. The molecule has 0 amide bonds. The molecule has 3 heteroatoms. The minimum atomic E-state index is 0.599. The van der Waals surface area contributed by atoms with Gasteiger partial charge in [0.05, 0.1) is 9.88 Å². The zero-order valence-corrected chi connectivity index (χ0v) is 8.84. The van der Waals surface area contributed by atoms with Crippen molar-refractivity contribution in [2.75, 3.05) is 0 Å². The summed E-state index contributed by atoms with van der Waals surface area (Å²) in [7, 11) is 0. The number of hydrogen-bond acceptors (Lipinski definition) is 3. The van der Waals surface area contributed by atoms with E-state index in [1.54, 1.807) is 11.3 Å². The highest BCUT2D eigenvalue weighted by Crippen LogP contribution is 2.25. The highest BCUT2D eigenvalue weighted by molar-refractivity contribution is 7.15. The highest BCUT2D eigenvalue weighted by atomic mass is 32.1. The minimum absolute atomic E-state index is 0.599. The number of benzene rings is 1. The first-order valence-corrected chi connectivity index (χ1v) is 5.33. The molecular formula is C11H12N2S. The molecule has 0 spiro atoms. The van der Waals surface area contributed by atoms with E-state index in [4.69, 9.17) is 5.73 Å². The van der Waals surface area contributed by atoms with E-state index in [1.807, 2.05) is 13.1 Å². The van der Waals surface area contributed by atoms with Crippen molar-refractivity contribution in [1.82, 2.24) is 4.98 Å². The van der Waals surface area contributed by atoms with Crippen LogP contribution in [0.5, 0.6) is 0 Å². The van der Waals surface area contributed by atoms with E-state index in [0.29, 0.717) is 6.54 Å². The zero-order valence-electron chi connectivity index (χ0n) is 8.03. The summed E-state index contributed by atoms with van der Waals surface area (Å²) in [6.45, 7) is 2.62. The van der Waals surface area contributed by atoms with Crippen molar-refractivity contribution in [2.45, 2.75) is 13.5 Å². The van der Waals surface area contributed by atoms with Crippen molar-refractivity contribution in [2.24, 2.45) is 5.73 Å². The van der Waals surface area contributed by atoms with Crippen LogP contribution in [0.4, 0.5) is 0 Å². The smallest absolute Gasteiger partial charge is 0.0900 e. The average molecular weight is 204 g/mol. The van der Waals surface area contributed by atoms with Gasteiger partial charge in [0.2, 0.25) is 0 Å². The monoisotopic (exact) mass is 204 g/mol. The Morgan fingerprint density at radius 1 is 1.29 bits per heavy atom. The minimum Gasteiger partial charge on any atom is -0.326 e. The molecule has 0 aliphatic heterocycles. The van der Waals surface area contributed by atoms with Crippen LogP contribution in [0.1, 0.15) is 10.6 Å². The fourth-order valence-electron chi connectivity index (χ4n) is 1.30. The van der Waals surface area contributed by atoms with Crippen molar-refractivity contribution >= 4 is 11.3 Å². The molecule has 0 saturated heterocycles. The van der Waals surface area contributed by atoms with Crippen molar-refractivity contribution < 1.29 is 0 Å². The molecule has 2 N–H and O–H groups in total.